The van der Waals surface area contributed by atoms with Crippen LogP contribution in [0.15, 0.2) is 103 Å². The highest BCUT2D eigenvalue weighted by Gasteiger charge is 2.36. The Labute approximate surface area is 381 Å². The van der Waals surface area contributed by atoms with Crippen LogP contribution in [-0.4, -0.2) is 93.2 Å². The molecule has 8 N–H and O–H groups in total. The summed E-state index contributed by atoms with van der Waals surface area (Å²) in [6.45, 7) is 6.75. The third-order valence-corrected chi connectivity index (χ3v) is 9.34. The van der Waals surface area contributed by atoms with Gasteiger partial charge in [0.05, 0.1) is 39.6 Å². The van der Waals surface area contributed by atoms with Crippen molar-refractivity contribution >= 4 is 69.9 Å². The number of methoxy groups -OCH3 is 1. The van der Waals surface area contributed by atoms with E-state index < -0.39 is 70.4 Å². The van der Waals surface area contributed by atoms with Gasteiger partial charge >= 0.3 is 11.9 Å². The van der Waals surface area contributed by atoms with E-state index in [9.17, 15) is 59.0 Å². The summed E-state index contributed by atoms with van der Waals surface area (Å²) in [6.07, 6.45) is -2.66. The van der Waals surface area contributed by atoms with Gasteiger partial charge < -0.3 is 56.1 Å². The van der Waals surface area contributed by atoms with Crippen molar-refractivity contribution in [3.63, 3.8) is 0 Å². The molecule has 0 saturated carbocycles. The van der Waals surface area contributed by atoms with E-state index in [1.807, 2.05) is 0 Å². The van der Waals surface area contributed by atoms with Crippen LogP contribution in [0.2, 0.25) is 0 Å². The van der Waals surface area contributed by atoms with Crippen molar-refractivity contribution in [3.8, 4) is 17.2 Å². The highest BCUT2D eigenvalue weighted by molar-refractivity contribution is 6.10. The number of nitro benzene ring substituents is 1. The first-order chi connectivity index (χ1) is 31.8. The van der Waals surface area contributed by atoms with Crippen molar-refractivity contribution in [1.82, 2.24) is 5.32 Å². The molecular formula is C46H44N6O15. The minimum absolute atomic E-state index is 0.00754. The SMILES string of the molecule is CO[C@@H](C(=O)Nc1ccc(C(=O)Nc2ccc(C(=O)Nc3ccc(C(=O)O)cc3OC(C)C)c(O)c2OC(C)C)cc1)[C@H](NC(=O)c1ccc(NC(=O)c2ccc([N+](=O)[O-])cc2)cc1)C(=O)O. The number of rotatable bonds is 19. The van der Waals surface area contributed by atoms with Crippen molar-refractivity contribution in [2.75, 3.05) is 28.4 Å². The molecule has 0 spiro atoms. The molecule has 0 bridgehead atoms. The van der Waals surface area contributed by atoms with E-state index >= 15 is 0 Å². The van der Waals surface area contributed by atoms with Gasteiger partial charge in [0.2, 0.25) is 0 Å². The number of hydrogen-bond acceptors (Lipinski definition) is 13. The summed E-state index contributed by atoms with van der Waals surface area (Å²) in [5.41, 5.74) is 0.146. The molecule has 0 fully saturated rings. The second-order valence-corrected chi connectivity index (χ2v) is 14.9. The van der Waals surface area contributed by atoms with E-state index in [4.69, 9.17) is 14.2 Å². The smallest absolute Gasteiger partial charge is 0.335 e. The fraction of sp³-hybridized carbons (Fsp3) is 0.196. The second-order valence-electron chi connectivity index (χ2n) is 14.9. The molecule has 348 valence electrons. The van der Waals surface area contributed by atoms with Gasteiger partial charge in [-0.3, -0.25) is 34.1 Å². The lowest BCUT2D eigenvalue weighted by molar-refractivity contribution is -0.384. The van der Waals surface area contributed by atoms with Gasteiger partial charge in [-0.15, -0.1) is 0 Å². The lowest BCUT2D eigenvalue weighted by Crippen LogP contribution is -2.54. The summed E-state index contributed by atoms with van der Waals surface area (Å²) < 4.78 is 16.7. The maximum absolute atomic E-state index is 13.4. The predicted octanol–water partition coefficient (Wildman–Crippen LogP) is 6.17. The molecule has 2 atom stereocenters. The number of nitrogens with zero attached hydrogens (tertiary/aromatic N) is 1. The number of aromatic hydroxyl groups is 1. The molecule has 5 aromatic carbocycles. The molecule has 21 heteroatoms. The van der Waals surface area contributed by atoms with Gasteiger partial charge in [0.25, 0.3) is 35.2 Å². The number of phenolic OH excluding ortho intramolecular Hbond substituents is 1. The van der Waals surface area contributed by atoms with Crippen LogP contribution >= 0.6 is 0 Å². The molecule has 0 aromatic heterocycles. The van der Waals surface area contributed by atoms with E-state index in [0.717, 1.165) is 7.11 Å². The predicted molar refractivity (Wildman–Crippen MR) is 241 cm³/mol. The van der Waals surface area contributed by atoms with Crippen molar-refractivity contribution in [2.45, 2.75) is 52.0 Å². The van der Waals surface area contributed by atoms with Crippen molar-refractivity contribution in [1.29, 1.82) is 0 Å². The topological polar surface area (TPSA) is 311 Å². The number of nitro groups is 1. The third-order valence-electron chi connectivity index (χ3n) is 9.34. The number of benzene rings is 5. The fourth-order valence-corrected chi connectivity index (χ4v) is 6.15. The highest BCUT2D eigenvalue weighted by atomic mass is 16.6. The monoisotopic (exact) mass is 920 g/mol. The zero-order chi connectivity index (χ0) is 49.1. The third kappa shape index (κ3) is 12.7. The van der Waals surface area contributed by atoms with Gasteiger partial charge in [0.15, 0.2) is 23.6 Å². The Hall–Kier alpha value is -8.85. The Morgan fingerprint density at radius 2 is 1.09 bits per heavy atom. The number of carbonyl (C=O) groups is 7. The number of aliphatic carboxylic acids is 1. The van der Waals surface area contributed by atoms with E-state index in [1.54, 1.807) is 27.7 Å². The van der Waals surface area contributed by atoms with Crippen LogP contribution in [0.3, 0.4) is 0 Å². The molecular weight excluding hydrogens is 877 g/mol. The molecule has 0 saturated heterocycles. The first-order valence-electron chi connectivity index (χ1n) is 20.1. The summed E-state index contributed by atoms with van der Waals surface area (Å²) in [5.74, 6) is -7.50. The summed E-state index contributed by atoms with van der Waals surface area (Å²) >= 11 is 0. The Morgan fingerprint density at radius 1 is 0.597 bits per heavy atom. The lowest BCUT2D eigenvalue weighted by Gasteiger charge is -2.23. The zero-order valence-electron chi connectivity index (χ0n) is 36.3. The molecule has 0 heterocycles. The Morgan fingerprint density at radius 3 is 1.61 bits per heavy atom. The molecule has 0 radical (unpaired) electrons. The van der Waals surface area contributed by atoms with Crippen LogP contribution in [0.25, 0.3) is 0 Å². The van der Waals surface area contributed by atoms with Crippen LogP contribution in [0.5, 0.6) is 17.2 Å². The van der Waals surface area contributed by atoms with E-state index in [-0.39, 0.29) is 73.9 Å². The number of carboxylic acids is 2. The van der Waals surface area contributed by atoms with Crippen LogP contribution < -0.4 is 36.1 Å². The number of carbonyl (C=O) groups excluding carboxylic acids is 5. The first kappa shape index (κ1) is 49.2. The molecule has 0 aliphatic carbocycles. The fourth-order valence-electron chi connectivity index (χ4n) is 6.15. The van der Waals surface area contributed by atoms with Crippen LogP contribution in [0.1, 0.15) is 79.5 Å². The quantitative estimate of drug-likeness (QED) is 0.0339. The molecule has 5 aromatic rings. The summed E-state index contributed by atoms with van der Waals surface area (Å²) in [7, 11) is 1.07. The lowest BCUT2D eigenvalue weighted by atomic mass is 10.1. The van der Waals surface area contributed by atoms with Gasteiger partial charge in [-0.05, 0) is 119 Å². The standard InChI is InChI=1S/C46H44N6O15/c1-23(2)66-35-22-28(45(59)60)12-20-33(35)49-43(57)32-19-21-34(38(37(32)53)67-24(3)4)50-41(55)25-6-15-30(16-7-25)48-44(58)39(65-5)36(46(61)62)51-42(56)26-8-13-29(14-9-26)47-40(54)27-10-17-31(18-11-27)52(63)64/h6-24,36,39,53H,1-5H3,(H,47,54)(H,48,58)(H,49,57)(H,50,55)(H,51,56)(H,59,60)(H,61,62)/t36-,39+/m0/s1. The minimum atomic E-state index is -1.89. The number of aromatic carboxylic acids is 1. The van der Waals surface area contributed by atoms with Crippen LogP contribution in [0.4, 0.5) is 28.4 Å². The minimum Gasteiger partial charge on any atom is -0.504 e. The number of amides is 5. The Kier molecular flexibility index (Phi) is 15.9. The second kappa shape index (κ2) is 21.7. The number of phenols is 1. The Bertz CT molecular complexity index is 2700. The Balaban J connectivity index is 1.23. The van der Waals surface area contributed by atoms with Crippen LogP contribution in [-0.2, 0) is 14.3 Å². The number of hydrogen-bond donors (Lipinski definition) is 8. The summed E-state index contributed by atoms with van der Waals surface area (Å²) in [5, 5.41) is 54.1. The van der Waals surface area contributed by atoms with Gasteiger partial charge in [-0.1, -0.05) is 0 Å². The first-order valence-corrected chi connectivity index (χ1v) is 20.1. The number of ether oxygens (including phenoxy) is 3. The van der Waals surface area contributed by atoms with Gasteiger partial charge in [0, 0.05) is 47.3 Å². The van der Waals surface area contributed by atoms with Gasteiger partial charge in [0.1, 0.15) is 5.75 Å². The maximum Gasteiger partial charge on any atom is 0.335 e. The van der Waals surface area contributed by atoms with Crippen molar-refractivity contribution in [2.24, 2.45) is 0 Å². The molecule has 0 unspecified atom stereocenters. The summed E-state index contributed by atoms with van der Waals surface area (Å²) in [4.78, 5) is 100.0. The number of non-ortho nitro benzene ring substituents is 1. The van der Waals surface area contributed by atoms with Crippen LogP contribution in [0, 0.1) is 10.1 Å². The average molecular weight is 921 g/mol. The average Bonchev–Trinajstić information content (AvgIpc) is 3.28. The molecule has 0 aliphatic rings. The normalized spacial score (nSPS) is 11.7. The van der Waals surface area contributed by atoms with Crippen molar-refractivity contribution in [3.05, 3.63) is 141 Å². The number of carboxylic acid groups (broad SMARTS) is 2. The van der Waals surface area contributed by atoms with E-state index in [0.29, 0.717) is 0 Å². The number of nitrogens with one attached hydrogen (secondary N) is 5. The molecule has 67 heavy (non-hydrogen) atoms. The van der Waals surface area contributed by atoms with Crippen molar-refractivity contribution < 1.29 is 68.0 Å². The van der Waals surface area contributed by atoms with Gasteiger partial charge in [-0.25, -0.2) is 9.59 Å². The maximum atomic E-state index is 13.4. The molecule has 5 amide bonds. The largest absolute Gasteiger partial charge is 0.504 e. The zero-order valence-corrected chi connectivity index (χ0v) is 36.3. The molecule has 0 aliphatic heterocycles. The van der Waals surface area contributed by atoms with Gasteiger partial charge in [-0.2, -0.15) is 0 Å². The van der Waals surface area contributed by atoms with E-state index in [1.165, 1.54) is 103 Å². The molecule has 21 nitrogen and oxygen atoms in total. The summed E-state index contributed by atoms with van der Waals surface area (Å²) in [6, 6.07) is 20.1. The molecule has 5 rings (SSSR count). The van der Waals surface area contributed by atoms with E-state index in [2.05, 4.69) is 26.6 Å². The number of anilines is 4. The highest BCUT2D eigenvalue weighted by Crippen LogP contribution is 2.39.